The molecule has 2 heterocycles. The summed E-state index contributed by atoms with van der Waals surface area (Å²) in [7, 11) is 1.85. The molecule has 8 nitrogen and oxygen atoms in total. The number of hydrogen-bond acceptors (Lipinski definition) is 6. The Morgan fingerprint density at radius 2 is 2.39 bits per heavy atom. The molecule has 1 N–H and O–H groups in total. The van der Waals surface area contributed by atoms with E-state index in [2.05, 4.69) is 15.5 Å². The number of aromatic nitrogens is 3. The minimum atomic E-state index is -0.560. The lowest BCUT2D eigenvalue weighted by Crippen LogP contribution is -2.20. The van der Waals surface area contributed by atoms with Crippen molar-refractivity contribution in [2.24, 2.45) is 7.05 Å². The predicted molar refractivity (Wildman–Crippen MR) is 61.6 cm³/mol. The molecule has 1 unspecified atom stereocenters. The van der Waals surface area contributed by atoms with Crippen LogP contribution in [-0.4, -0.2) is 19.7 Å². The van der Waals surface area contributed by atoms with Gasteiger partial charge in [0.05, 0.1) is 18.7 Å². The Balaban J connectivity index is 1.95. The molecule has 0 spiro atoms. The Kier molecular flexibility index (Phi) is 3.38. The van der Waals surface area contributed by atoms with Crippen LogP contribution < -0.4 is 5.32 Å². The van der Waals surface area contributed by atoms with Gasteiger partial charge in [-0.3, -0.25) is 10.1 Å². The van der Waals surface area contributed by atoms with E-state index in [1.807, 2.05) is 18.5 Å². The van der Waals surface area contributed by atoms with Crippen LogP contribution in [-0.2, 0) is 13.6 Å². The number of rotatable bonds is 5. The molecule has 0 amide bonds. The number of furan rings is 1. The molecule has 2 aromatic heterocycles. The van der Waals surface area contributed by atoms with Crippen LogP contribution in [0.1, 0.15) is 24.6 Å². The minimum absolute atomic E-state index is 0.0262. The Bertz CT molecular complexity index is 547. The summed E-state index contributed by atoms with van der Waals surface area (Å²) in [6, 6.07) is 2.89. The molecular formula is C10H13N5O3. The van der Waals surface area contributed by atoms with Gasteiger partial charge in [0.2, 0.25) is 0 Å². The molecule has 0 aliphatic heterocycles. The first-order valence-corrected chi connectivity index (χ1v) is 5.38. The number of nitrogens with zero attached hydrogens (tertiary/aromatic N) is 4. The monoisotopic (exact) mass is 251 g/mol. The van der Waals surface area contributed by atoms with Crippen molar-refractivity contribution < 1.29 is 9.34 Å². The summed E-state index contributed by atoms with van der Waals surface area (Å²) < 4.78 is 6.85. The van der Waals surface area contributed by atoms with Crippen molar-refractivity contribution in [3.8, 4) is 0 Å². The smallest absolute Gasteiger partial charge is 0.404 e. The Morgan fingerprint density at radius 3 is 2.94 bits per heavy atom. The van der Waals surface area contributed by atoms with Crippen molar-refractivity contribution in [2.75, 3.05) is 0 Å². The van der Waals surface area contributed by atoms with Crippen molar-refractivity contribution in [1.29, 1.82) is 0 Å². The Labute approximate surface area is 103 Å². The van der Waals surface area contributed by atoms with Gasteiger partial charge in [0, 0.05) is 7.05 Å². The van der Waals surface area contributed by atoms with Crippen LogP contribution in [0.15, 0.2) is 22.9 Å². The van der Waals surface area contributed by atoms with Crippen LogP contribution in [0, 0.1) is 10.1 Å². The van der Waals surface area contributed by atoms with Gasteiger partial charge in [0.15, 0.2) is 0 Å². The third-order valence-corrected chi connectivity index (χ3v) is 2.54. The fourth-order valence-electron chi connectivity index (χ4n) is 1.59. The maximum atomic E-state index is 10.5. The van der Waals surface area contributed by atoms with E-state index in [1.54, 1.807) is 12.4 Å². The standard InChI is InChI=1S/C10H13N5O3/c1-7(10-13-12-6-14(10)2)11-5-8-3-4-9(18-8)15(16)17/h3-4,6-7,11H,5H2,1-2H3. The van der Waals surface area contributed by atoms with Crippen LogP contribution in [0.2, 0.25) is 0 Å². The first-order valence-electron chi connectivity index (χ1n) is 5.38. The van der Waals surface area contributed by atoms with Crippen LogP contribution >= 0.6 is 0 Å². The van der Waals surface area contributed by atoms with Gasteiger partial charge in [0.1, 0.15) is 22.8 Å². The second kappa shape index (κ2) is 4.96. The molecule has 0 aliphatic carbocycles. The van der Waals surface area contributed by atoms with Crippen molar-refractivity contribution >= 4 is 5.88 Å². The van der Waals surface area contributed by atoms with Gasteiger partial charge in [-0.1, -0.05) is 0 Å². The third kappa shape index (κ3) is 2.54. The van der Waals surface area contributed by atoms with E-state index in [9.17, 15) is 10.1 Å². The summed E-state index contributed by atoms with van der Waals surface area (Å²) in [5, 5.41) is 21.4. The fourth-order valence-corrected chi connectivity index (χ4v) is 1.59. The van der Waals surface area contributed by atoms with Crippen LogP contribution in [0.25, 0.3) is 0 Å². The molecule has 0 radical (unpaired) electrons. The highest BCUT2D eigenvalue weighted by atomic mass is 16.6. The zero-order valence-corrected chi connectivity index (χ0v) is 10.0. The van der Waals surface area contributed by atoms with Gasteiger partial charge in [0.25, 0.3) is 0 Å². The summed E-state index contributed by atoms with van der Waals surface area (Å²) in [6.45, 7) is 2.32. The maximum Gasteiger partial charge on any atom is 0.433 e. The van der Waals surface area contributed by atoms with Crippen LogP contribution in [0.5, 0.6) is 0 Å². The minimum Gasteiger partial charge on any atom is -0.404 e. The molecule has 0 saturated heterocycles. The van der Waals surface area contributed by atoms with Crippen LogP contribution in [0.3, 0.4) is 0 Å². The highest BCUT2D eigenvalue weighted by Gasteiger charge is 2.14. The van der Waals surface area contributed by atoms with Gasteiger partial charge >= 0.3 is 5.88 Å². The largest absolute Gasteiger partial charge is 0.433 e. The summed E-state index contributed by atoms with van der Waals surface area (Å²) in [5.74, 6) is 1.05. The number of nitro groups is 1. The molecule has 2 aromatic rings. The van der Waals surface area contributed by atoms with Crippen LogP contribution in [0.4, 0.5) is 5.88 Å². The first-order chi connectivity index (χ1) is 8.58. The number of hydrogen-bond donors (Lipinski definition) is 1. The predicted octanol–water partition coefficient (Wildman–Crippen LogP) is 1.17. The zero-order valence-electron chi connectivity index (χ0n) is 10.0. The molecule has 8 heteroatoms. The van der Waals surface area contributed by atoms with E-state index in [4.69, 9.17) is 4.42 Å². The second-order valence-electron chi connectivity index (χ2n) is 3.90. The molecule has 0 aliphatic rings. The summed E-state index contributed by atoms with van der Waals surface area (Å²) in [6.07, 6.45) is 1.62. The summed E-state index contributed by atoms with van der Waals surface area (Å²) >= 11 is 0. The van der Waals surface area contributed by atoms with E-state index < -0.39 is 4.92 Å². The number of aryl methyl sites for hydroxylation is 1. The van der Waals surface area contributed by atoms with Gasteiger partial charge < -0.3 is 14.3 Å². The molecule has 1 atom stereocenters. The average molecular weight is 251 g/mol. The topological polar surface area (TPSA) is 99.0 Å². The molecular weight excluding hydrogens is 238 g/mol. The second-order valence-corrected chi connectivity index (χ2v) is 3.90. The Morgan fingerprint density at radius 1 is 1.61 bits per heavy atom. The molecule has 0 saturated carbocycles. The molecule has 0 fully saturated rings. The highest BCUT2D eigenvalue weighted by molar-refractivity contribution is 5.17. The van der Waals surface area contributed by atoms with Crippen molar-refractivity contribution in [3.63, 3.8) is 0 Å². The van der Waals surface area contributed by atoms with Crippen molar-refractivity contribution in [3.05, 3.63) is 40.2 Å². The summed E-state index contributed by atoms with van der Waals surface area (Å²) in [5.41, 5.74) is 0. The highest BCUT2D eigenvalue weighted by Crippen LogP contribution is 2.16. The summed E-state index contributed by atoms with van der Waals surface area (Å²) in [4.78, 5) is 9.89. The molecule has 0 bridgehead atoms. The number of nitrogens with one attached hydrogen (secondary N) is 1. The van der Waals surface area contributed by atoms with E-state index >= 15 is 0 Å². The maximum absolute atomic E-state index is 10.5. The molecule has 18 heavy (non-hydrogen) atoms. The van der Waals surface area contributed by atoms with Gasteiger partial charge in [-0.2, -0.15) is 0 Å². The molecule has 96 valence electrons. The normalized spacial score (nSPS) is 12.6. The lowest BCUT2D eigenvalue weighted by molar-refractivity contribution is -0.402. The molecule has 2 rings (SSSR count). The zero-order chi connectivity index (χ0) is 13.1. The van der Waals surface area contributed by atoms with E-state index in [-0.39, 0.29) is 11.9 Å². The van der Waals surface area contributed by atoms with E-state index in [1.165, 1.54) is 6.07 Å². The van der Waals surface area contributed by atoms with E-state index in [0.717, 1.165) is 5.82 Å². The fraction of sp³-hybridized carbons (Fsp3) is 0.400. The Hall–Kier alpha value is -2.22. The van der Waals surface area contributed by atoms with Gasteiger partial charge in [-0.05, 0) is 13.0 Å². The van der Waals surface area contributed by atoms with E-state index in [0.29, 0.717) is 12.3 Å². The SMILES string of the molecule is CC(NCc1ccc([N+](=O)[O-])o1)c1nncn1C. The van der Waals surface area contributed by atoms with Crippen molar-refractivity contribution in [1.82, 2.24) is 20.1 Å². The van der Waals surface area contributed by atoms with Gasteiger partial charge in [-0.25, -0.2) is 0 Å². The third-order valence-electron chi connectivity index (χ3n) is 2.54. The lowest BCUT2D eigenvalue weighted by Gasteiger charge is -2.11. The quantitative estimate of drug-likeness (QED) is 0.632. The lowest BCUT2D eigenvalue weighted by atomic mass is 10.3. The first kappa shape index (κ1) is 12.2. The van der Waals surface area contributed by atoms with Gasteiger partial charge in [-0.15, -0.1) is 10.2 Å². The molecule has 0 aromatic carbocycles. The van der Waals surface area contributed by atoms with Crippen molar-refractivity contribution in [2.45, 2.75) is 19.5 Å². The average Bonchev–Trinajstić information content (AvgIpc) is 2.94.